The topological polar surface area (TPSA) is 99.6 Å². The molecule has 2 heterocycles. The third kappa shape index (κ3) is 3.65. The van der Waals surface area contributed by atoms with Gasteiger partial charge in [0, 0.05) is 5.69 Å². The molecule has 3 atom stereocenters. The molecule has 0 saturated carbocycles. The van der Waals surface area contributed by atoms with Crippen molar-refractivity contribution in [2.75, 3.05) is 6.61 Å². The van der Waals surface area contributed by atoms with Crippen molar-refractivity contribution in [3.05, 3.63) is 24.3 Å². The van der Waals surface area contributed by atoms with Crippen LogP contribution in [0.3, 0.4) is 0 Å². The molecule has 1 saturated heterocycles. The van der Waals surface area contributed by atoms with E-state index in [-0.39, 0.29) is 18.9 Å². The predicted molar refractivity (Wildman–Crippen MR) is 78.1 cm³/mol. The molecule has 112 valence electrons. The van der Waals surface area contributed by atoms with Gasteiger partial charge in [-0.3, -0.25) is 4.52 Å². The first-order valence-electron chi connectivity index (χ1n) is 6.11. The van der Waals surface area contributed by atoms with E-state index in [0.29, 0.717) is 11.4 Å². The highest BCUT2D eigenvalue weighted by Gasteiger charge is 2.29. The minimum atomic E-state index is -3.76. The summed E-state index contributed by atoms with van der Waals surface area (Å²) in [4.78, 5) is 13.2. The third-order valence-electron chi connectivity index (χ3n) is 3.17. The summed E-state index contributed by atoms with van der Waals surface area (Å²) in [7, 11) is 0. The highest BCUT2D eigenvalue weighted by Crippen LogP contribution is 2.47. The lowest BCUT2D eigenvalue weighted by Gasteiger charge is -2.17. The predicted octanol–water partition coefficient (Wildman–Crippen LogP) is 1.85. The van der Waals surface area contributed by atoms with Gasteiger partial charge in [-0.1, -0.05) is 18.8 Å². The number of imidazole rings is 1. The number of thiol groups is 1. The number of aromatic nitrogens is 2. The zero-order valence-corrected chi connectivity index (χ0v) is 12.9. The fourth-order valence-corrected chi connectivity index (χ4v) is 2.78. The molecule has 1 fully saturated rings. The molecule has 1 unspecified atom stereocenters. The molecule has 7 nitrogen and oxygen atoms in total. The van der Waals surface area contributed by atoms with Crippen LogP contribution in [0.2, 0.25) is 0 Å². The van der Waals surface area contributed by atoms with Crippen LogP contribution in [-0.4, -0.2) is 27.2 Å². The van der Waals surface area contributed by atoms with Gasteiger partial charge < -0.3 is 19.9 Å². The maximum absolute atomic E-state index is 11.0. The Hall–Kier alpha value is -0.790. The minimum absolute atomic E-state index is 0.0397. The van der Waals surface area contributed by atoms with Crippen molar-refractivity contribution in [1.82, 2.24) is 9.55 Å². The molecule has 3 N–H and O–H groups in total. The zero-order valence-electron chi connectivity index (χ0n) is 11.1. The lowest BCUT2D eigenvalue weighted by Crippen LogP contribution is -2.16. The van der Waals surface area contributed by atoms with E-state index < -0.39 is 6.80 Å². The van der Waals surface area contributed by atoms with Crippen LogP contribution >= 0.6 is 19.0 Å². The van der Waals surface area contributed by atoms with Crippen LogP contribution < -0.4 is 5.73 Å². The number of hydrogen-bond acceptors (Lipinski definition) is 5. The van der Waals surface area contributed by atoms with E-state index in [1.165, 1.54) is 0 Å². The SMILES string of the molecule is C=C(N)c1ncn([C@H]2CC[C@@H](COP(=O)(O)S)O2)c1C. The lowest BCUT2D eigenvalue weighted by molar-refractivity contribution is -0.0191. The summed E-state index contributed by atoms with van der Waals surface area (Å²) in [5.74, 6) is 0. The van der Waals surface area contributed by atoms with Crippen molar-refractivity contribution in [3.8, 4) is 0 Å². The van der Waals surface area contributed by atoms with Gasteiger partial charge in [0.25, 0.3) is 0 Å². The molecule has 0 bridgehead atoms. The monoisotopic (exact) mass is 319 g/mol. The Morgan fingerprint density at radius 1 is 1.80 bits per heavy atom. The molecule has 1 aliphatic heterocycles. The molecule has 2 rings (SSSR count). The van der Waals surface area contributed by atoms with Crippen LogP contribution in [0.4, 0.5) is 0 Å². The van der Waals surface area contributed by atoms with Crippen LogP contribution in [0.5, 0.6) is 0 Å². The van der Waals surface area contributed by atoms with Crippen LogP contribution in [0.25, 0.3) is 5.70 Å². The van der Waals surface area contributed by atoms with Gasteiger partial charge in [-0.25, -0.2) is 9.55 Å². The van der Waals surface area contributed by atoms with Crippen molar-refractivity contribution in [2.24, 2.45) is 5.73 Å². The molecule has 20 heavy (non-hydrogen) atoms. The Labute approximate surface area is 122 Å². The molecule has 9 heteroatoms. The lowest BCUT2D eigenvalue weighted by atomic mass is 10.2. The van der Waals surface area contributed by atoms with Crippen LogP contribution in [-0.2, 0) is 13.8 Å². The average Bonchev–Trinajstić information content (AvgIpc) is 2.91. The van der Waals surface area contributed by atoms with Crippen molar-refractivity contribution in [2.45, 2.75) is 32.1 Å². The Balaban J connectivity index is 1.99. The first-order valence-corrected chi connectivity index (χ1v) is 8.84. The molecule has 0 spiro atoms. The van der Waals surface area contributed by atoms with Crippen LogP contribution in [0, 0.1) is 6.92 Å². The molecule has 0 amide bonds. The highest BCUT2D eigenvalue weighted by molar-refractivity contribution is 8.44. The Kier molecular flexibility index (Phi) is 4.61. The van der Waals surface area contributed by atoms with Gasteiger partial charge in [-0.15, -0.1) is 0 Å². The van der Waals surface area contributed by atoms with E-state index in [0.717, 1.165) is 18.5 Å². The van der Waals surface area contributed by atoms with E-state index in [1.54, 1.807) is 6.33 Å². The average molecular weight is 319 g/mol. The molecule has 0 aromatic carbocycles. The summed E-state index contributed by atoms with van der Waals surface area (Å²) in [6.07, 6.45) is 2.74. The number of hydrogen-bond donors (Lipinski definition) is 3. The second kappa shape index (κ2) is 5.91. The van der Waals surface area contributed by atoms with E-state index in [4.69, 9.17) is 19.9 Å². The summed E-state index contributed by atoms with van der Waals surface area (Å²) in [5.41, 5.74) is 7.60. The molecular weight excluding hydrogens is 301 g/mol. The largest absolute Gasteiger partial charge is 0.397 e. The van der Waals surface area contributed by atoms with Gasteiger partial charge in [0.1, 0.15) is 11.9 Å². The number of nitrogens with two attached hydrogens (primary N) is 1. The summed E-state index contributed by atoms with van der Waals surface area (Å²) < 4.78 is 23.4. The molecule has 1 aliphatic rings. The summed E-state index contributed by atoms with van der Waals surface area (Å²) in [6.45, 7) is 1.84. The maximum Gasteiger partial charge on any atom is 0.383 e. The Bertz CT molecular complexity index is 556. The van der Waals surface area contributed by atoms with E-state index in [9.17, 15) is 4.57 Å². The first kappa shape index (κ1) is 15.6. The van der Waals surface area contributed by atoms with Crippen LogP contribution in [0.1, 0.15) is 30.5 Å². The second-order valence-electron chi connectivity index (χ2n) is 4.69. The van der Waals surface area contributed by atoms with Gasteiger partial charge in [-0.05, 0) is 19.8 Å². The number of rotatable bonds is 5. The Morgan fingerprint density at radius 2 is 2.50 bits per heavy atom. The van der Waals surface area contributed by atoms with Gasteiger partial charge in [0.2, 0.25) is 0 Å². The normalized spacial score (nSPS) is 25.6. The van der Waals surface area contributed by atoms with Gasteiger partial charge >= 0.3 is 6.80 Å². The van der Waals surface area contributed by atoms with Crippen molar-refractivity contribution >= 4 is 24.7 Å². The van der Waals surface area contributed by atoms with Crippen molar-refractivity contribution < 1.29 is 18.7 Å². The number of ether oxygens (including phenoxy) is 1. The highest BCUT2D eigenvalue weighted by atomic mass is 32.7. The van der Waals surface area contributed by atoms with Gasteiger partial charge in [0.05, 0.1) is 24.7 Å². The molecule has 1 aromatic rings. The quantitative estimate of drug-likeness (QED) is 0.566. The Morgan fingerprint density at radius 3 is 3.05 bits per heavy atom. The minimum Gasteiger partial charge on any atom is -0.397 e. The second-order valence-corrected chi connectivity index (χ2v) is 7.44. The van der Waals surface area contributed by atoms with Crippen molar-refractivity contribution in [3.63, 3.8) is 0 Å². The maximum atomic E-state index is 11.0. The molecule has 1 aromatic heterocycles. The fraction of sp³-hybridized carbons (Fsp3) is 0.545. The number of nitrogens with zero attached hydrogens (tertiary/aromatic N) is 2. The summed E-state index contributed by atoms with van der Waals surface area (Å²) >= 11 is 3.46. The molecule has 0 radical (unpaired) electrons. The first-order chi connectivity index (χ1) is 9.28. The summed E-state index contributed by atoms with van der Waals surface area (Å²) in [6, 6.07) is 0. The van der Waals surface area contributed by atoms with E-state index >= 15 is 0 Å². The van der Waals surface area contributed by atoms with E-state index in [1.807, 2.05) is 11.5 Å². The van der Waals surface area contributed by atoms with Gasteiger partial charge in [-0.2, -0.15) is 0 Å². The zero-order chi connectivity index (χ0) is 14.9. The third-order valence-corrected chi connectivity index (χ3v) is 4.00. The molecule has 0 aliphatic carbocycles. The standard InChI is InChI=1S/C11H18N3O4PS/c1-7(12)11-8(2)14(6-13-11)10-4-3-9(18-10)5-17-19(15,16)20/h6,9-10H,1,3-5,12H2,2H3,(H2,15,16,20)/t9-,10+/m0/s1. The molecular formula is C11H18N3O4PS. The van der Waals surface area contributed by atoms with Crippen LogP contribution in [0.15, 0.2) is 12.9 Å². The van der Waals surface area contributed by atoms with Crippen molar-refractivity contribution in [1.29, 1.82) is 0 Å². The van der Waals surface area contributed by atoms with E-state index in [2.05, 4.69) is 23.8 Å². The summed E-state index contributed by atoms with van der Waals surface area (Å²) in [5, 5.41) is 0. The fourth-order valence-electron chi connectivity index (χ4n) is 2.22. The smallest absolute Gasteiger partial charge is 0.383 e. The van der Waals surface area contributed by atoms with Gasteiger partial charge in [0.15, 0.2) is 0 Å².